The molecule has 0 saturated heterocycles. The first-order valence-electron chi connectivity index (χ1n) is 3.34. The van der Waals surface area contributed by atoms with Gasteiger partial charge in [0, 0.05) is 12.4 Å². The van der Waals surface area contributed by atoms with Gasteiger partial charge in [0.25, 0.3) is 0 Å². The SMILES string of the molecule is O=C(CC(F)(F)F)c1cncnc1. The lowest BCUT2D eigenvalue weighted by molar-refractivity contribution is -0.125. The van der Waals surface area contributed by atoms with E-state index in [4.69, 9.17) is 0 Å². The summed E-state index contributed by atoms with van der Waals surface area (Å²) in [7, 11) is 0. The van der Waals surface area contributed by atoms with Gasteiger partial charge in [0.15, 0.2) is 5.78 Å². The molecule has 0 aliphatic heterocycles. The molecule has 0 N–H and O–H groups in total. The van der Waals surface area contributed by atoms with Crippen molar-refractivity contribution < 1.29 is 18.0 Å². The fraction of sp³-hybridized carbons (Fsp3) is 0.286. The lowest BCUT2D eigenvalue weighted by Gasteiger charge is -2.03. The number of ketones is 1. The molecule has 3 nitrogen and oxygen atoms in total. The Morgan fingerprint density at radius 1 is 1.31 bits per heavy atom. The Hall–Kier alpha value is -1.46. The molecule has 0 unspecified atom stereocenters. The van der Waals surface area contributed by atoms with Crippen molar-refractivity contribution in [3.63, 3.8) is 0 Å². The van der Waals surface area contributed by atoms with Gasteiger partial charge >= 0.3 is 6.18 Å². The van der Waals surface area contributed by atoms with Gasteiger partial charge in [-0.25, -0.2) is 9.97 Å². The Balaban J connectivity index is 2.71. The van der Waals surface area contributed by atoms with Gasteiger partial charge in [-0.3, -0.25) is 4.79 Å². The molecule has 6 heteroatoms. The Morgan fingerprint density at radius 3 is 2.31 bits per heavy atom. The summed E-state index contributed by atoms with van der Waals surface area (Å²) in [5, 5.41) is 0. The summed E-state index contributed by atoms with van der Waals surface area (Å²) >= 11 is 0. The number of halogens is 3. The number of hydrogen-bond donors (Lipinski definition) is 0. The molecule has 1 aromatic rings. The second-order valence-electron chi connectivity index (χ2n) is 2.34. The first-order chi connectivity index (χ1) is 5.99. The monoisotopic (exact) mass is 190 g/mol. The molecular weight excluding hydrogens is 185 g/mol. The van der Waals surface area contributed by atoms with Crippen LogP contribution in [0.3, 0.4) is 0 Å². The highest BCUT2D eigenvalue weighted by Crippen LogP contribution is 2.21. The normalized spacial score (nSPS) is 11.3. The standard InChI is InChI=1S/C7H5F3N2O/c8-7(9,10)1-6(13)5-2-11-4-12-3-5/h2-4H,1H2. The average Bonchev–Trinajstić information content (AvgIpc) is 2.03. The van der Waals surface area contributed by atoms with E-state index in [9.17, 15) is 18.0 Å². The number of rotatable bonds is 2. The predicted molar refractivity (Wildman–Crippen MR) is 37.0 cm³/mol. The van der Waals surface area contributed by atoms with Crippen LogP contribution in [0.2, 0.25) is 0 Å². The van der Waals surface area contributed by atoms with E-state index in [0.29, 0.717) is 0 Å². The van der Waals surface area contributed by atoms with Crippen molar-refractivity contribution in [1.82, 2.24) is 9.97 Å². The van der Waals surface area contributed by atoms with Crippen molar-refractivity contribution >= 4 is 5.78 Å². The number of carbonyl (C=O) groups excluding carboxylic acids is 1. The molecule has 0 aromatic carbocycles. The zero-order chi connectivity index (χ0) is 9.90. The van der Waals surface area contributed by atoms with Gasteiger partial charge in [-0.05, 0) is 0 Å². The molecular formula is C7H5F3N2O. The number of carbonyl (C=O) groups is 1. The second-order valence-corrected chi connectivity index (χ2v) is 2.34. The molecule has 0 saturated carbocycles. The minimum atomic E-state index is -4.48. The Morgan fingerprint density at radius 2 is 1.85 bits per heavy atom. The average molecular weight is 190 g/mol. The van der Waals surface area contributed by atoms with Gasteiger partial charge in [-0.2, -0.15) is 13.2 Å². The van der Waals surface area contributed by atoms with E-state index in [2.05, 4.69) is 9.97 Å². The van der Waals surface area contributed by atoms with Crippen molar-refractivity contribution in [3.8, 4) is 0 Å². The largest absolute Gasteiger partial charge is 0.396 e. The molecule has 70 valence electrons. The summed E-state index contributed by atoms with van der Waals surface area (Å²) in [5.41, 5.74) is -0.125. The number of nitrogens with zero attached hydrogens (tertiary/aromatic N) is 2. The summed E-state index contributed by atoms with van der Waals surface area (Å²) in [6.45, 7) is 0. The van der Waals surface area contributed by atoms with Crippen molar-refractivity contribution in [1.29, 1.82) is 0 Å². The minimum Gasteiger partial charge on any atom is -0.294 e. The molecule has 1 aromatic heterocycles. The summed E-state index contributed by atoms with van der Waals surface area (Å²) in [6, 6.07) is 0. The van der Waals surface area contributed by atoms with Crippen LogP contribution >= 0.6 is 0 Å². The third kappa shape index (κ3) is 3.18. The van der Waals surface area contributed by atoms with Crippen molar-refractivity contribution in [2.24, 2.45) is 0 Å². The smallest absolute Gasteiger partial charge is 0.294 e. The van der Waals surface area contributed by atoms with Crippen molar-refractivity contribution in [2.45, 2.75) is 12.6 Å². The molecule has 0 atom stereocenters. The lowest BCUT2D eigenvalue weighted by Crippen LogP contribution is -2.15. The number of aromatic nitrogens is 2. The Bertz CT molecular complexity index is 296. The van der Waals surface area contributed by atoms with Crippen LogP contribution < -0.4 is 0 Å². The molecule has 0 amide bonds. The molecule has 0 radical (unpaired) electrons. The van der Waals surface area contributed by atoms with Crippen molar-refractivity contribution in [2.75, 3.05) is 0 Å². The number of alkyl halides is 3. The summed E-state index contributed by atoms with van der Waals surface area (Å²) < 4.78 is 35.2. The first-order valence-corrected chi connectivity index (χ1v) is 3.34. The third-order valence-electron chi connectivity index (χ3n) is 1.24. The molecule has 0 fully saturated rings. The van der Waals surface area contributed by atoms with Crippen LogP contribution in [0, 0.1) is 0 Å². The molecule has 0 bridgehead atoms. The van der Waals surface area contributed by atoms with Crippen LogP contribution in [-0.2, 0) is 0 Å². The van der Waals surface area contributed by atoms with E-state index >= 15 is 0 Å². The van der Waals surface area contributed by atoms with E-state index < -0.39 is 18.4 Å². The molecule has 1 heterocycles. The summed E-state index contributed by atoms with van der Waals surface area (Å²) in [6.07, 6.45) is -2.69. The first kappa shape index (κ1) is 9.63. The second kappa shape index (κ2) is 3.51. The maximum atomic E-state index is 11.7. The van der Waals surface area contributed by atoms with E-state index in [1.165, 1.54) is 0 Å². The third-order valence-corrected chi connectivity index (χ3v) is 1.24. The number of hydrogen-bond acceptors (Lipinski definition) is 3. The van der Waals surface area contributed by atoms with Crippen LogP contribution in [0.15, 0.2) is 18.7 Å². The topological polar surface area (TPSA) is 42.9 Å². The highest BCUT2D eigenvalue weighted by Gasteiger charge is 2.31. The van der Waals surface area contributed by atoms with Gasteiger partial charge in [0.2, 0.25) is 0 Å². The van der Waals surface area contributed by atoms with Crippen LogP contribution in [-0.4, -0.2) is 21.9 Å². The Kier molecular flexibility index (Phi) is 2.60. The molecule has 1 rings (SSSR count). The van der Waals surface area contributed by atoms with Gasteiger partial charge in [-0.15, -0.1) is 0 Å². The van der Waals surface area contributed by atoms with Crippen LogP contribution in [0.4, 0.5) is 13.2 Å². The molecule has 0 aliphatic carbocycles. The summed E-state index contributed by atoms with van der Waals surface area (Å²) in [5.74, 6) is -1.02. The molecule has 0 aliphatic rings. The van der Waals surface area contributed by atoms with Crippen LogP contribution in [0.1, 0.15) is 16.8 Å². The fourth-order valence-corrected chi connectivity index (χ4v) is 0.727. The number of Topliss-reactive ketones (excluding diaryl/α,β-unsaturated/α-hetero) is 1. The van der Waals surface area contributed by atoms with Gasteiger partial charge in [0.05, 0.1) is 5.56 Å². The Labute approximate surface area is 71.6 Å². The van der Waals surface area contributed by atoms with Crippen molar-refractivity contribution in [3.05, 3.63) is 24.3 Å². The van der Waals surface area contributed by atoms with Gasteiger partial charge < -0.3 is 0 Å². The zero-order valence-electron chi connectivity index (χ0n) is 6.38. The minimum absolute atomic E-state index is 0.125. The quantitative estimate of drug-likeness (QED) is 0.665. The van der Waals surface area contributed by atoms with E-state index in [1.54, 1.807) is 0 Å². The molecule has 0 spiro atoms. The zero-order valence-corrected chi connectivity index (χ0v) is 6.38. The summed E-state index contributed by atoms with van der Waals surface area (Å²) in [4.78, 5) is 17.7. The van der Waals surface area contributed by atoms with Gasteiger partial charge in [-0.1, -0.05) is 0 Å². The van der Waals surface area contributed by atoms with E-state index in [-0.39, 0.29) is 5.56 Å². The van der Waals surface area contributed by atoms with E-state index in [0.717, 1.165) is 18.7 Å². The maximum Gasteiger partial charge on any atom is 0.396 e. The highest BCUT2D eigenvalue weighted by molar-refractivity contribution is 5.95. The maximum absolute atomic E-state index is 11.7. The van der Waals surface area contributed by atoms with Crippen LogP contribution in [0.5, 0.6) is 0 Å². The van der Waals surface area contributed by atoms with Gasteiger partial charge in [0.1, 0.15) is 12.7 Å². The lowest BCUT2D eigenvalue weighted by atomic mass is 10.1. The fourth-order valence-electron chi connectivity index (χ4n) is 0.727. The van der Waals surface area contributed by atoms with Crippen LogP contribution in [0.25, 0.3) is 0 Å². The molecule has 13 heavy (non-hydrogen) atoms. The highest BCUT2D eigenvalue weighted by atomic mass is 19.4. The predicted octanol–water partition coefficient (Wildman–Crippen LogP) is 1.61. The van der Waals surface area contributed by atoms with E-state index in [1.807, 2.05) is 0 Å².